The van der Waals surface area contributed by atoms with Crippen molar-refractivity contribution in [2.75, 3.05) is 0 Å². The van der Waals surface area contributed by atoms with Crippen LogP contribution in [0.4, 0.5) is 0 Å². The molecule has 0 aromatic carbocycles. The Labute approximate surface area is 140 Å². The Balaban J connectivity index is 1.71. The molecule has 23 heavy (non-hydrogen) atoms. The lowest BCUT2D eigenvalue weighted by atomic mass is 9.46. The lowest BCUT2D eigenvalue weighted by Gasteiger charge is -2.59. The fourth-order valence-corrected chi connectivity index (χ4v) is 7.39. The number of aliphatic hydroxyl groups excluding tert-OH is 1. The number of ketones is 1. The largest absolute Gasteiger partial charge is 0.389 e. The summed E-state index contributed by atoms with van der Waals surface area (Å²) < 4.78 is 0. The molecule has 3 fully saturated rings. The molecule has 2 nitrogen and oxygen atoms in total. The molecule has 0 aromatic heterocycles. The summed E-state index contributed by atoms with van der Waals surface area (Å²) >= 11 is 0. The second kappa shape index (κ2) is 5.18. The van der Waals surface area contributed by atoms with Gasteiger partial charge in [0.15, 0.2) is 5.78 Å². The minimum atomic E-state index is -0.381. The van der Waals surface area contributed by atoms with Crippen molar-refractivity contribution in [3.05, 3.63) is 11.6 Å². The first-order chi connectivity index (χ1) is 10.9. The zero-order valence-corrected chi connectivity index (χ0v) is 15.0. The fraction of sp³-hybridized carbons (Fsp3) is 0.857. The highest BCUT2D eigenvalue weighted by Gasteiger charge is 2.59. The molecule has 0 aliphatic heterocycles. The van der Waals surface area contributed by atoms with Crippen molar-refractivity contribution < 1.29 is 9.90 Å². The molecule has 4 rings (SSSR count). The lowest BCUT2D eigenvalue weighted by Crippen LogP contribution is -2.53. The van der Waals surface area contributed by atoms with Crippen molar-refractivity contribution in [2.24, 2.45) is 34.5 Å². The molecule has 0 amide bonds. The van der Waals surface area contributed by atoms with Crippen molar-refractivity contribution in [2.45, 2.75) is 78.2 Å². The molecule has 7 atom stereocenters. The van der Waals surface area contributed by atoms with Gasteiger partial charge in [-0.25, -0.2) is 0 Å². The third-order valence-electron chi connectivity index (χ3n) is 8.67. The van der Waals surface area contributed by atoms with E-state index in [1.807, 2.05) is 6.08 Å². The van der Waals surface area contributed by atoms with Crippen molar-refractivity contribution in [1.82, 2.24) is 0 Å². The van der Waals surface area contributed by atoms with Gasteiger partial charge in [-0.2, -0.15) is 0 Å². The molecule has 0 saturated heterocycles. The maximum atomic E-state index is 11.9. The fourth-order valence-electron chi connectivity index (χ4n) is 7.39. The summed E-state index contributed by atoms with van der Waals surface area (Å²) in [5.74, 6) is 3.23. The van der Waals surface area contributed by atoms with Crippen LogP contribution in [0, 0.1) is 34.5 Å². The van der Waals surface area contributed by atoms with Gasteiger partial charge in [0, 0.05) is 6.42 Å². The third-order valence-corrected chi connectivity index (χ3v) is 8.67. The molecule has 3 unspecified atom stereocenters. The Bertz CT molecular complexity index is 550. The summed E-state index contributed by atoms with van der Waals surface area (Å²) in [4.78, 5) is 11.9. The minimum Gasteiger partial charge on any atom is -0.389 e. The van der Waals surface area contributed by atoms with Crippen LogP contribution in [-0.2, 0) is 4.79 Å². The molecule has 0 spiro atoms. The predicted octanol–water partition coefficient (Wildman–Crippen LogP) is 4.52. The van der Waals surface area contributed by atoms with Gasteiger partial charge in [0.25, 0.3) is 0 Å². The van der Waals surface area contributed by atoms with Gasteiger partial charge in [0.1, 0.15) is 0 Å². The molecule has 4 aliphatic rings. The summed E-state index contributed by atoms with van der Waals surface area (Å²) in [6.45, 7) is 7.24. The molecule has 1 N–H and O–H groups in total. The third kappa shape index (κ3) is 2.06. The van der Waals surface area contributed by atoms with Gasteiger partial charge in [0.2, 0.25) is 0 Å². The van der Waals surface area contributed by atoms with Crippen LogP contribution in [0.5, 0.6) is 0 Å². The van der Waals surface area contributed by atoms with E-state index in [1.165, 1.54) is 32.1 Å². The zero-order chi connectivity index (χ0) is 16.4. The summed E-state index contributed by atoms with van der Waals surface area (Å²) in [5, 5.41) is 10.8. The highest BCUT2D eigenvalue weighted by Crippen LogP contribution is 2.66. The highest BCUT2D eigenvalue weighted by molar-refractivity contribution is 5.91. The van der Waals surface area contributed by atoms with E-state index in [1.54, 1.807) is 0 Å². The Kier molecular flexibility index (Phi) is 3.58. The number of hydrogen-bond acceptors (Lipinski definition) is 2. The van der Waals surface area contributed by atoms with E-state index in [9.17, 15) is 9.90 Å². The van der Waals surface area contributed by atoms with Crippen molar-refractivity contribution in [1.29, 1.82) is 0 Å². The topological polar surface area (TPSA) is 37.3 Å². The normalized spacial score (nSPS) is 52.4. The van der Waals surface area contributed by atoms with E-state index in [0.29, 0.717) is 23.7 Å². The number of aliphatic hydroxyl groups is 1. The lowest BCUT2D eigenvalue weighted by molar-refractivity contribution is -0.119. The molecule has 128 valence electrons. The predicted molar refractivity (Wildman–Crippen MR) is 91.9 cm³/mol. The minimum absolute atomic E-state index is 0.0713. The quantitative estimate of drug-likeness (QED) is 0.772. The van der Waals surface area contributed by atoms with Gasteiger partial charge in [-0.3, -0.25) is 4.79 Å². The smallest absolute Gasteiger partial charge is 0.155 e. The standard InChI is InChI=1S/C21H32O2/c1-4-13-5-6-16-15-12-19(23)18-11-14(22)7-9-21(18,3)17(15)8-10-20(13,16)2/h11,13,15-17,19,23H,4-10,12H2,1-3H3/t13-,15?,16?,17?,19+,20+,21+/m0/s1. The summed E-state index contributed by atoms with van der Waals surface area (Å²) in [7, 11) is 0. The molecule has 0 aromatic rings. The Hall–Kier alpha value is -0.630. The van der Waals surface area contributed by atoms with E-state index >= 15 is 0 Å². The van der Waals surface area contributed by atoms with Crippen LogP contribution in [0.3, 0.4) is 0 Å². The van der Waals surface area contributed by atoms with E-state index in [0.717, 1.165) is 30.3 Å². The molecule has 3 saturated carbocycles. The molecule has 2 heteroatoms. The van der Waals surface area contributed by atoms with Gasteiger partial charge < -0.3 is 5.11 Å². The maximum absolute atomic E-state index is 11.9. The molecular weight excluding hydrogens is 284 g/mol. The van der Waals surface area contributed by atoms with Crippen molar-refractivity contribution in [3.63, 3.8) is 0 Å². The first-order valence-corrected chi connectivity index (χ1v) is 9.83. The Morgan fingerprint density at radius 1 is 1.17 bits per heavy atom. The highest BCUT2D eigenvalue weighted by atomic mass is 16.3. The van der Waals surface area contributed by atoms with E-state index in [2.05, 4.69) is 20.8 Å². The van der Waals surface area contributed by atoms with Crippen LogP contribution in [0.2, 0.25) is 0 Å². The first-order valence-electron chi connectivity index (χ1n) is 9.83. The van der Waals surface area contributed by atoms with Crippen LogP contribution in [0.25, 0.3) is 0 Å². The van der Waals surface area contributed by atoms with Crippen LogP contribution < -0.4 is 0 Å². The zero-order valence-electron chi connectivity index (χ0n) is 15.0. The van der Waals surface area contributed by atoms with Crippen LogP contribution in [0.1, 0.15) is 72.1 Å². The van der Waals surface area contributed by atoms with Crippen LogP contribution in [-0.4, -0.2) is 17.0 Å². The number of hydrogen-bond donors (Lipinski definition) is 1. The van der Waals surface area contributed by atoms with Crippen molar-refractivity contribution in [3.8, 4) is 0 Å². The number of fused-ring (bicyclic) bond motifs is 5. The average Bonchev–Trinajstić information content (AvgIpc) is 2.86. The van der Waals surface area contributed by atoms with Gasteiger partial charge in [0.05, 0.1) is 6.10 Å². The second-order valence-corrected chi connectivity index (χ2v) is 9.34. The molecule has 0 bridgehead atoms. The Morgan fingerprint density at radius 2 is 1.96 bits per heavy atom. The van der Waals surface area contributed by atoms with Crippen LogP contribution in [0.15, 0.2) is 11.6 Å². The SMILES string of the molecule is CC[C@H]1CCC2C3C[C@@H](O)C4=CC(=O)CC[C@]4(C)C3CC[C@@]21C. The molecule has 0 radical (unpaired) electrons. The number of rotatable bonds is 1. The average molecular weight is 316 g/mol. The Morgan fingerprint density at radius 3 is 2.70 bits per heavy atom. The van der Waals surface area contributed by atoms with Gasteiger partial charge in [-0.05, 0) is 84.7 Å². The summed E-state index contributed by atoms with van der Waals surface area (Å²) in [6.07, 6.45) is 10.7. The summed E-state index contributed by atoms with van der Waals surface area (Å²) in [6, 6.07) is 0. The van der Waals surface area contributed by atoms with Crippen LogP contribution >= 0.6 is 0 Å². The number of carbonyl (C=O) groups is 1. The molecule has 4 aliphatic carbocycles. The van der Waals surface area contributed by atoms with Gasteiger partial charge in [-0.15, -0.1) is 0 Å². The van der Waals surface area contributed by atoms with Gasteiger partial charge >= 0.3 is 0 Å². The van der Waals surface area contributed by atoms with E-state index in [4.69, 9.17) is 0 Å². The van der Waals surface area contributed by atoms with E-state index in [-0.39, 0.29) is 17.3 Å². The van der Waals surface area contributed by atoms with Gasteiger partial charge in [-0.1, -0.05) is 27.2 Å². The monoisotopic (exact) mass is 316 g/mol. The van der Waals surface area contributed by atoms with Crippen molar-refractivity contribution >= 4 is 5.78 Å². The van der Waals surface area contributed by atoms with E-state index < -0.39 is 0 Å². The first kappa shape index (κ1) is 15.9. The molecular formula is C21H32O2. The second-order valence-electron chi connectivity index (χ2n) is 9.34. The summed E-state index contributed by atoms with van der Waals surface area (Å²) in [5.41, 5.74) is 1.64. The maximum Gasteiger partial charge on any atom is 0.155 e. The number of carbonyl (C=O) groups excluding carboxylic acids is 1. The molecule has 0 heterocycles.